The smallest absolute Gasteiger partial charge is 0 e. The molecular weight excluding hydrogens is 199 g/mol. The SMILES string of the molecule is C=[C-]C(C)(C)N(C)C.[CH3-].[Y]. The first-order valence-electron chi connectivity index (χ1n) is 2.72. The molecule has 0 aliphatic heterocycles. The summed E-state index contributed by atoms with van der Waals surface area (Å²) >= 11 is 0. The van der Waals surface area contributed by atoms with Crippen molar-refractivity contribution >= 4 is 0 Å². The van der Waals surface area contributed by atoms with E-state index in [0.717, 1.165) is 0 Å². The Kier molecular flexibility index (Phi) is 11.1. The first-order chi connectivity index (χ1) is 3.50. The summed E-state index contributed by atoms with van der Waals surface area (Å²) in [4.78, 5) is 2.07. The van der Waals surface area contributed by atoms with Crippen molar-refractivity contribution in [2.75, 3.05) is 14.1 Å². The average molecular weight is 216 g/mol. The first kappa shape index (κ1) is 17.1. The van der Waals surface area contributed by atoms with Crippen LogP contribution in [0, 0.1) is 13.5 Å². The van der Waals surface area contributed by atoms with Crippen molar-refractivity contribution in [1.29, 1.82) is 0 Å². The molecule has 0 aliphatic rings. The zero-order valence-electron chi connectivity index (χ0n) is 7.73. The molecule has 2 heteroatoms. The number of hydrogen-bond acceptors (Lipinski definition) is 1. The van der Waals surface area contributed by atoms with Crippen LogP contribution in [0.15, 0.2) is 6.58 Å². The number of likely N-dealkylation sites (N-methyl/N-ethyl adjacent to an activating group) is 1. The van der Waals surface area contributed by atoms with Crippen LogP contribution >= 0.6 is 0 Å². The van der Waals surface area contributed by atoms with Gasteiger partial charge in [0.05, 0.1) is 0 Å². The largest absolute Gasteiger partial charge is 0.483 e. The summed E-state index contributed by atoms with van der Waals surface area (Å²) < 4.78 is 0. The monoisotopic (exact) mass is 216 g/mol. The van der Waals surface area contributed by atoms with Gasteiger partial charge in [-0.05, 0) is 14.1 Å². The molecule has 59 valence electrons. The molecule has 0 saturated heterocycles. The summed E-state index contributed by atoms with van der Waals surface area (Å²) in [6.07, 6.45) is 2.92. The van der Waals surface area contributed by atoms with E-state index in [-0.39, 0.29) is 45.7 Å². The van der Waals surface area contributed by atoms with E-state index in [1.165, 1.54) is 0 Å². The molecule has 0 atom stereocenters. The Labute approximate surface area is 90.8 Å². The second-order valence-electron chi connectivity index (χ2n) is 2.63. The zero-order chi connectivity index (χ0) is 6.78. The van der Waals surface area contributed by atoms with Gasteiger partial charge < -0.3 is 18.4 Å². The minimum absolute atomic E-state index is 0. The van der Waals surface area contributed by atoms with E-state index in [1.807, 2.05) is 14.1 Å². The Morgan fingerprint density at radius 2 is 1.60 bits per heavy atom. The second kappa shape index (κ2) is 6.51. The molecule has 0 aromatic rings. The Bertz CT molecular complexity index is 87.3. The van der Waals surface area contributed by atoms with Gasteiger partial charge in [0.25, 0.3) is 0 Å². The van der Waals surface area contributed by atoms with Crippen LogP contribution in [-0.2, 0) is 32.7 Å². The van der Waals surface area contributed by atoms with E-state index in [4.69, 9.17) is 0 Å². The van der Waals surface area contributed by atoms with Crippen LogP contribution in [-0.4, -0.2) is 24.5 Å². The van der Waals surface area contributed by atoms with E-state index >= 15 is 0 Å². The van der Waals surface area contributed by atoms with Crippen molar-refractivity contribution in [2.24, 2.45) is 0 Å². The van der Waals surface area contributed by atoms with Crippen molar-refractivity contribution in [3.8, 4) is 0 Å². The van der Waals surface area contributed by atoms with Crippen LogP contribution in [0.25, 0.3) is 0 Å². The van der Waals surface area contributed by atoms with Crippen LogP contribution < -0.4 is 0 Å². The fourth-order valence-corrected chi connectivity index (χ4v) is 0.158. The van der Waals surface area contributed by atoms with Gasteiger partial charge in [0.2, 0.25) is 0 Å². The third-order valence-corrected chi connectivity index (χ3v) is 1.55. The molecule has 0 unspecified atom stereocenters. The fourth-order valence-electron chi connectivity index (χ4n) is 0.158. The number of nitrogens with zero attached hydrogens (tertiary/aromatic N) is 1. The van der Waals surface area contributed by atoms with E-state index in [1.54, 1.807) is 0 Å². The van der Waals surface area contributed by atoms with Crippen LogP contribution in [0.3, 0.4) is 0 Å². The van der Waals surface area contributed by atoms with Crippen LogP contribution in [0.5, 0.6) is 0 Å². The maximum atomic E-state index is 3.59. The van der Waals surface area contributed by atoms with Gasteiger partial charge in [-0.15, -0.1) is 5.54 Å². The summed E-state index contributed by atoms with van der Waals surface area (Å²) in [6.45, 7) is 7.73. The van der Waals surface area contributed by atoms with Gasteiger partial charge in [0.1, 0.15) is 0 Å². The molecule has 0 aromatic carbocycles. The molecule has 0 aliphatic carbocycles. The predicted molar refractivity (Wildman–Crippen MR) is 43.1 cm³/mol. The Hall–Kier alpha value is 0.804. The third kappa shape index (κ3) is 5.58. The van der Waals surface area contributed by atoms with Gasteiger partial charge in [0, 0.05) is 32.7 Å². The quantitative estimate of drug-likeness (QED) is 0.636. The molecule has 1 nitrogen and oxygen atoms in total. The molecule has 0 aromatic heterocycles. The van der Waals surface area contributed by atoms with Crippen molar-refractivity contribution in [3.63, 3.8) is 0 Å². The summed E-state index contributed by atoms with van der Waals surface area (Å²) in [6, 6.07) is 0. The Morgan fingerprint density at radius 3 is 1.60 bits per heavy atom. The minimum atomic E-state index is 0. The van der Waals surface area contributed by atoms with Crippen molar-refractivity contribution in [3.05, 3.63) is 20.1 Å². The fraction of sp³-hybridized carbons (Fsp3) is 0.625. The number of hydrogen-bond donors (Lipinski definition) is 0. The molecule has 0 rings (SSSR count). The van der Waals surface area contributed by atoms with Gasteiger partial charge in [-0.1, -0.05) is 13.8 Å². The van der Waals surface area contributed by atoms with E-state index in [0.29, 0.717) is 0 Å². The standard InChI is InChI=1S/C7H14N.CH3.Y/c1-6-7(2,3)8(4)5;;/h1H2,2-5H3;1H3;/q2*-1;. The maximum Gasteiger partial charge on any atom is 0 e. The van der Waals surface area contributed by atoms with Gasteiger partial charge in [0.15, 0.2) is 0 Å². The minimum Gasteiger partial charge on any atom is -0.483 e. The predicted octanol–water partition coefficient (Wildman–Crippen LogP) is 1.76. The topological polar surface area (TPSA) is 3.24 Å². The maximum absolute atomic E-state index is 3.59. The molecular formula is C8H17NY-2. The van der Waals surface area contributed by atoms with Gasteiger partial charge in [-0.2, -0.15) is 0 Å². The zero-order valence-corrected chi connectivity index (χ0v) is 10.6. The summed E-state index contributed by atoms with van der Waals surface area (Å²) in [5.41, 5.74) is 0.0139. The average Bonchev–Trinajstić information content (AvgIpc) is 1.67. The Balaban J connectivity index is -0.000000245. The Morgan fingerprint density at radius 1 is 1.30 bits per heavy atom. The van der Waals surface area contributed by atoms with E-state index in [2.05, 4.69) is 31.4 Å². The van der Waals surface area contributed by atoms with Gasteiger partial charge >= 0.3 is 0 Å². The molecule has 0 N–H and O–H groups in total. The third-order valence-electron chi connectivity index (χ3n) is 1.55. The van der Waals surface area contributed by atoms with Gasteiger partial charge in [-0.25, -0.2) is 0 Å². The molecule has 0 amide bonds. The summed E-state index contributed by atoms with van der Waals surface area (Å²) in [5, 5.41) is 0. The van der Waals surface area contributed by atoms with E-state index < -0.39 is 0 Å². The molecule has 0 bridgehead atoms. The van der Waals surface area contributed by atoms with Gasteiger partial charge in [-0.3, -0.25) is 6.58 Å². The normalized spacial score (nSPS) is 9.70. The second-order valence-corrected chi connectivity index (χ2v) is 2.63. The summed E-state index contributed by atoms with van der Waals surface area (Å²) in [5.74, 6) is 0. The summed E-state index contributed by atoms with van der Waals surface area (Å²) in [7, 11) is 4.02. The molecule has 10 heavy (non-hydrogen) atoms. The molecule has 0 spiro atoms. The molecule has 0 fully saturated rings. The van der Waals surface area contributed by atoms with E-state index in [9.17, 15) is 0 Å². The van der Waals surface area contributed by atoms with Crippen molar-refractivity contribution < 1.29 is 32.7 Å². The molecule has 0 saturated carbocycles. The van der Waals surface area contributed by atoms with Crippen LogP contribution in [0.4, 0.5) is 0 Å². The van der Waals surface area contributed by atoms with Crippen LogP contribution in [0.2, 0.25) is 0 Å². The van der Waals surface area contributed by atoms with Crippen molar-refractivity contribution in [1.82, 2.24) is 4.90 Å². The molecule has 0 heterocycles. The molecule has 1 radical (unpaired) electrons. The number of rotatable bonds is 2. The first-order valence-corrected chi connectivity index (χ1v) is 2.72. The van der Waals surface area contributed by atoms with Crippen LogP contribution in [0.1, 0.15) is 13.8 Å². The van der Waals surface area contributed by atoms with Crippen molar-refractivity contribution in [2.45, 2.75) is 19.4 Å².